The quantitative estimate of drug-likeness (QED) is 0.620. The van der Waals surface area contributed by atoms with Crippen molar-refractivity contribution in [3.8, 4) is 11.5 Å². The zero-order chi connectivity index (χ0) is 11.0. The Morgan fingerprint density at radius 3 is 2.27 bits per heavy atom. The SMILES string of the molecule is O=C(O)c1cc(O)c2ccccc2c1O. The Hall–Kier alpha value is -2.23. The summed E-state index contributed by atoms with van der Waals surface area (Å²) in [5, 5.41) is 28.7. The van der Waals surface area contributed by atoms with Crippen LogP contribution < -0.4 is 0 Å². The van der Waals surface area contributed by atoms with Gasteiger partial charge in [-0.1, -0.05) is 24.3 Å². The molecule has 4 nitrogen and oxygen atoms in total. The van der Waals surface area contributed by atoms with E-state index in [0.29, 0.717) is 10.8 Å². The highest BCUT2D eigenvalue weighted by Gasteiger charge is 2.15. The number of benzene rings is 2. The van der Waals surface area contributed by atoms with Gasteiger partial charge in [-0.3, -0.25) is 0 Å². The number of carboxylic acid groups (broad SMARTS) is 1. The van der Waals surface area contributed by atoms with Gasteiger partial charge in [0.1, 0.15) is 17.1 Å². The second kappa shape index (κ2) is 3.16. The van der Waals surface area contributed by atoms with Gasteiger partial charge in [0.25, 0.3) is 0 Å². The summed E-state index contributed by atoms with van der Waals surface area (Å²) < 4.78 is 0. The number of fused-ring (bicyclic) bond motifs is 1. The van der Waals surface area contributed by atoms with Crippen LogP contribution in [0.4, 0.5) is 0 Å². The molecule has 0 saturated heterocycles. The lowest BCUT2D eigenvalue weighted by atomic mass is 10.0. The van der Waals surface area contributed by atoms with E-state index >= 15 is 0 Å². The normalized spacial score (nSPS) is 10.4. The Labute approximate surface area is 85.0 Å². The van der Waals surface area contributed by atoms with E-state index in [2.05, 4.69) is 0 Å². The minimum atomic E-state index is -1.27. The number of aromatic carboxylic acids is 1. The van der Waals surface area contributed by atoms with Gasteiger partial charge in [0.2, 0.25) is 0 Å². The zero-order valence-corrected chi connectivity index (χ0v) is 7.64. The first-order chi connectivity index (χ1) is 7.11. The van der Waals surface area contributed by atoms with E-state index in [1.165, 1.54) is 0 Å². The highest BCUT2D eigenvalue weighted by molar-refractivity contribution is 6.02. The second-order valence-electron chi connectivity index (χ2n) is 3.14. The number of hydrogen-bond acceptors (Lipinski definition) is 3. The average molecular weight is 204 g/mol. The molecule has 0 aliphatic carbocycles. The lowest BCUT2D eigenvalue weighted by Gasteiger charge is -2.06. The van der Waals surface area contributed by atoms with Crippen molar-refractivity contribution < 1.29 is 20.1 Å². The minimum Gasteiger partial charge on any atom is -0.507 e. The Balaban J connectivity index is 2.90. The predicted octanol–water partition coefficient (Wildman–Crippen LogP) is 1.95. The monoisotopic (exact) mass is 204 g/mol. The molecule has 0 aliphatic heterocycles. The summed E-state index contributed by atoms with van der Waals surface area (Å²) in [6.45, 7) is 0. The third-order valence-corrected chi connectivity index (χ3v) is 2.22. The Bertz CT molecular complexity index is 546. The van der Waals surface area contributed by atoms with Crippen LogP contribution in [0.15, 0.2) is 30.3 Å². The molecule has 0 bridgehead atoms. The number of aromatic hydroxyl groups is 2. The molecule has 2 aromatic carbocycles. The molecule has 0 atom stereocenters. The van der Waals surface area contributed by atoms with E-state index in [1.54, 1.807) is 24.3 Å². The number of rotatable bonds is 1. The van der Waals surface area contributed by atoms with Crippen LogP contribution in [-0.2, 0) is 0 Å². The Morgan fingerprint density at radius 1 is 1.07 bits per heavy atom. The lowest BCUT2D eigenvalue weighted by Crippen LogP contribution is -1.97. The smallest absolute Gasteiger partial charge is 0.339 e. The van der Waals surface area contributed by atoms with Gasteiger partial charge in [-0.2, -0.15) is 0 Å². The molecule has 2 aromatic rings. The molecule has 0 heterocycles. The summed E-state index contributed by atoms with van der Waals surface area (Å²) in [5.41, 5.74) is -0.300. The molecule has 76 valence electrons. The van der Waals surface area contributed by atoms with Crippen molar-refractivity contribution >= 4 is 16.7 Å². The molecule has 15 heavy (non-hydrogen) atoms. The fraction of sp³-hybridized carbons (Fsp3) is 0. The van der Waals surface area contributed by atoms with E-state index < -0.39 is 5.97 Å². The van der Waals surface area contributed by atoms with Crippen LogP contribution in [0.3, 0.4) is 0 Å². The topological polar surface area (TPSA) is 77.8 Å². The van der Waals surface area contributed by atoms with Gasteiger partial charge < -0.3 is 15.3 Å². The molecule has 0 spiro atoms. The van der Waals surface area contributed by atoms with Gasteiger partial charge in [0.05, 0.1) is 0 Å². The largest absolute Gasteiger partial charge is 0.507 e. The average Bonchev–Trinajstić information content (AvgIpc) is 2.23. The zero-order valence-electron chi connectivity index (χ0n) is 7.64. The van der Waals surface area contributed by atoms with Crippen LogP contribution in [0, 0.1) is 0 Å². The maximum absolute atomic E-state index is 10.7. The summed E-state index contributed by atoms with van der Waals surface area (Å²) in [6.07, 6.45) is 0. The number of phenols is 2. The van der Waals surface area contributed by atoms with Crippen LogP contribution in [0.25, 0.3) is 10.8 Å². The molecule has 0 amide bonds. The van der Waals surface area contributed by atoms with Crippen LogP contribution in [-0.4, -0.2) is 21.3 Å². The molecule has 2 rings (SSSR count). The van der Waals surface area contributed by atoms with Crippen LogP contribution in [0.1, 0.15) is 10.4 Å². The van der Waals surface area contributed by atoms with Crippen LogP contribution in [0.5, 0.6) is 11.5 Å². The van der Waals surface area contributed by atoms with Gasteiger partial charge in [-0.05, 0) is 6.07 Å². The van der Waals surface area contributed by atoms with Crippen molar-refractivity contribution in [3.63, 3.8) is 0 Å². The van der Waals surface area contributed by atoms with Crippen molar-refractivity contribution in [1.29, 1.82) is 0 Å². The summed E-state index contributed by atoms with van der Waals surface area (Å²) >= 11 is 0. The molecule has 3 N–H and O–H groups in total. The van der Waals surface area contributed by atoms with Crippen LogP contribution >= 0.6 is 0 Å². The molecule has 4 heteroatoms. The first-order valence-electron chi connectivity index (χ1n) is 4.28. The van der Waals surface area contributed by atoms with E-state index in [1.807, 2.05) is 0 Å². The molecular formula is C11H8O4. The maximum Gasteiger partial charge on any atom is 0.339 e. The fourth-order valence-electron chi connectivity index (χ4n) is 1.50. The summed E-state index contributed by atoms with van der Waals surface area (Å²) in [4.78, 5) is 10.7. The van der Waals surface area contributed by atoms with E-state index in [4.69, 9.17) is 5.11 Å². The van der Waals surface area contributed by atoms with E-state index in [-0.39, 0.29) is 17.1 Å². The first-order valence-corrected chi connectivity index (χ1v) is 4.28. The predicted molar refractivity (Wildman–Crippen MR) is 54.2 cm³/mol. The standard InChI is InChI=1S/C11H8O4/c12-9-5-8(11(14)15)10(13)7-4-2-1-3-6(7)9/h1-5,12-13H,(H,14,15). The van der Waals surface area contributed by atoms with Gasteiger partial charge >= 0.3 is 5.97 Å². The third-order valence-electron chi connectivity index (χ3n) is 2.22. The summed E-state index contributed by atoms with van der Waals surface area (Å²) in [6, 6.07) is 7.56. The summed E-state index contributed by atoms with van der Waals surface area (Å²) in [7, 11) is 0. The molecule has 0 aliphatic rings. The molecule has 0 saturated carbocycles. The number of carbonyl (C=O) groups is 1. The maximum atomic E-state index is 10.7. The molecular weight excluding hydrogens is 196 g/mol. The van der Waals surface area contributed by atoms with Crippen molar-refractivity contribution in [2.24, 2.45) is 0 Å². The van der Waals surface area contributed by atoms with Crippen LogP contribution in [0.2, 0.25) is 0 Å². The molecule has 0 unspecified atom stereocenters. The third kappa shape index (κ3) is 1.36. The molecule has 0 aromatic heterocycles. The van der Waals surface area contributed by atoms with Crippen molar-refractivity contribution in [1.82, 2.24) is 0 Å². The van der Waals surface area contributed by atoms with E-state index in [0.717, 1.165) is 6.07 Å². The number of phenolic OH excluding ortho intramolecular Hbond substituents is 1. The minimum absolute atomic E-state index is 0.152. The lowest BCUT2D eigenvalue weighted by molar-refractivity contribution is 0.0693. The second-order valence-corrected chi connectivity index (χ2v) is 3.14. The molecule has 0 fully saturated rings. The van der Waals surface area contributed by atoms with Gasteiger partial charge in [-0.15, -0.1) is 0 Å². The number of carboxylic acids is 1. The Kier molecular flexibility index (Phi) is 1.97. The van der Waals surface area contributed by atoms with Gasteiger partial charge in [-0.25, -0.2) is 4.79 Å². The van der Waals surface area contributed by atoms with E-state index in [9.17, 15) is 15.0 Å². The number of hydrogen-bond donors (Lipinski definition) is 3. The van der Waals surface area contributed by atoms with Gasteiger partial charge in [0, 0.05) is 10.8 Å². The highest BCUT2D eigenvalue weighted by Crippen LogP contribution is 2.34. The van der Waals surface area contributed by atoms with Crippen molar-refractivity contribution in [3.05, 3.63) is 35.9 Å². The Morgan fingerprint density at radius 2 is 1.67 bits per heavy atom. The van der Waals surface area contributed by atoms with Gasteiger partial charge in [0.15, 0.2) is 0 Å². The van der Waals surface area contributed by atoms with Crippen molar-refractivity contribution in [2.75, 3.05) is 0 Å². The van der Waals surface area contributed by atoms with Crippen molar-refractivity contribution in [2.45, 2.75) is 0 Å². The fourth-order valence-corrected chi connectivity index (χ4v) is 1.50. The first kappa shape index (κ1) is 9.33. The highest BCUT2D eigenvalue weighted by atomic mass is 16.4. The summed E-state index contributed by atoms with van der Waals surface area (Å²) in [5.74, 6) is -1.75. The molecule has 0 radical (unpaired) electrons.